The molecule has 48 valence electrons. The van der Waals surface area contributed by atoms with Crippen LogP contribution in [0.3, 0.4) is 0 Å². The van der Waals surface area contributed by atoms with Crippen LogP contribution < -0.4 is 0 Å². The van der Waals surface area contributed by atoms with Gasteiger partial charge in [0.2, 0.25) is 0 Å². The van der Waals surface area contributed by atoms with E-state index in [2.05, 4.69) is 4.98 Å². The number of aromatic nitrogens is 1. The van der Waals surface area contributed by atoms with Gasteiger partial charge in [-0.05, 0) is 6.92 Å². The summed E-state index contributed by atoms with van der Waals surface area (Å²) in [5.41, 5.74) is 2.99. The molecule has 9 heavy (non-hydrogen) atoms. The maximum Gasteiger partial charge on any atom is 0.117 e. The Balaban J connectivity index is 2.35. The molecule has 2 rings (SSSR count). The van der Waals surface area contributed by atoms with Crippen molar-refractivity contribution in [2.75, 3.05) is 6.61 Å². The first-order valence-corrected chi connectivity index (χ1v) is 3.77. The summed E-state index contributed by atoms with van der Waals surface area (Å²) in [4.78, 5) is 5.42. The number of hydrogen-bond donors (Lipinski definition) is 0. The van der Waals surface area contributed by atoms with Crippen LogP contribution in [0.25, 0.3) is 0 Å². The maximum absolute atomic E-state index is 5.10. The van der Waals surface area contributed by atoms with Crippen LogP contribution in [0.2, 0.25) is 0 Å². The molecular formula is C6H7NOS. The van der Waals surface area contributed by atoms with Crippen molar-refractivity contribution in [3.05, 3.63) is 16.1 Å². The fraction of sp³-hybridized carbons (Fsp3) is 0.500. The van der Waals surface area contributed by atoms with Gasteiger partial charge in [-0.1, -0.05) is 0 Å². The summed E-state index contributed by atoms with van der Waals surface area (Å²) in [6.45, 7) is 2.91. The van der Waals surface area contributed by atoms with Gasteiger partial charge in [-0.25, -0.2) is 4.98 Å². The Morgan fingerprint density at radius 2 is 2.67 bits per heavy atom. The van der Waals surface area contributed by atoms with E-state index in [0.717, 1.165) is 12.3 Å². The van der Waals surface area contributed by atoms with E-state index in [1.54, 1.807) is 11.3 Å². The van der Waals surface area contributed by atoms with Gasteiger partial charge in [-0.15, -0.1) is 11.3 Å². The summed E-state index contributed by atoms with van der Waals surface area (Å²) < 4.78 is 5.10. The van der Waals surface area contributed by atoms with Gasteiger partial charge < -0.3 is 4.74 Å². The quantitative estimate of drug-likeness (QED) is 0.554. The van der Waals surface area contributed by atoms with Gasteiger partial charge in [0.15, 0.2) is 0 Å². The van der Waals surface area contributed by atoms with E-state index >= 15 is 0 Å². The molecule has 0 unspecified atom stereocenters. The molecule has 0 spiro atoms. The van der Waals surface area contributed by atoms with Crippen LogP contribution in [0.5, 0.6) is 0 Å². The van der Waals surface area contributed by atoms with Crippen LogP contribution in [0, 0.1) is 6.92 Å². The molecule has 1 saturated heterocycles. The number of rotatable bonds is 1. The normalized spacial score (nSPS) is 24.3. The van der Waals surface area contributed by atoms with Crippen LogP contribution in [-0.4, -0.2) is 11.6 Å². The molecule has 1 aromatic heterocycles. The summed E-state index contributed by atoms with van der Waals surface area (Å²) in [5, 5.41) is 0. The highest BCUT2D eigenvalue weighted by Crippen LogP contribution is 2.34. The van der Waals surface area contributed by atoms with Gasteiger partial charge in [0, 0.05) is 0 Å². The smallest absolute Gasteiger partial charge is 0.117 e. The van der Waals surface area contributed by atoms with Crippen molar-refractivity contribution < 1.29 is 4.74 Å². The van der Waals surface area contributed by atoms with Gasteiger partial charge in [0.1, 0.15) is 6.10 Å². The highest BCUT2D eigenvalue weighted by Gasteiger charge is 2.27. The average Bonchev–Trinajstić information content (AvgIpc) is 2.58. The molecule has 1 aromatic rings. The van der Waals surface area contributed by atoms with Crippen molar-refractivity contribution in [3.8, 4) is 0 Å². The van der Waals surface area contributed by atoms with E-state index in [-0.39, 0.29) is 0 Å². The Kier molecular flexibility index (Phi) is 1.07. The standard InChI is InChI=1S/C6H7NOS/c1-4-6(5-2-8-5)9-3-7-4/h3,5H,2H2,1H3/t5-/m1/s1. The van der Waals surface area contributed by atoms with Gasteiger partial charge in [0.25, 0.3) is 0 Å². The van der Waals surface area contributed by atoms with Crippen LogP contribution in [-0.2, 0) is 4.74 Å². The third kappa shape index (κ3) is 0.862. The first-order chi connectivity index (χ1) is 4.38. The Labute approximate surface area is 57.5 Å². The van der Waals surface area contributed by atoms with Gasteiger partial charge in [0.05, 0.1) is 22.7 Å². The zero-order chi connectivity index (χ0) is 6.27. The van der Waals surface area contributed by atoms with E-state index < -0.39 is 0 Å². The van der Waals surface area contributed by atoms with Crippen LogP contribution >= 0.6 is 11.3 Å². The van der Waals surface area contributed by atoms with Crippen molar-refractivity contribution in [3.63, 3.8) is 0 Å². The Morgan fingerprint density at radius 3 is 3.11 bits per heavy atom. The van der Waals surface area contributed by atoms with E-state index in [9.17, 15) is 0 Å². The summed E-state index contributed by atoms with van der Waals surface area (Å²) in [6, 6.07) is 0. The number of epoxide rings is 1. The number of aryl methyl sites for hydroxylation is 1. The molecular weight excluding hydrogens is 134 g/mol. The number of nitrogens with zero attached hydrogens (tertiary/aromatic N) is 1. The van der Waals surface area contributed by atoms with Crippen LogP contribution in [0.15, 0.2) is 5.51 Å². The van der Waals surface area contributed by atoms with Gasteiger partial charge in [-0.2, -0.15) is 0 Å². The maximum atomic E-state index is 5.10. The molecule has 1 aliphatic heterocycles. The van der Waals surface area contributed by atoms with Gasteiger partial charge >= 0.3 is 0 Å². The van der Waals surface area contributed by atoms with E-state index in [1.807, 2.05) is 12.4 Å². The molecule has 0 N–H and O–H groups in total. The van der Waals surface area contributed by atoms with Crippen molar-refractivity contribution in [1.29, 1.82) is 0 Å². The molecule has 0 bridgehead atoms. The molecule has 0 radical (unpaired) electrons. The Hall–Kier alpha value is -0.410. The molecule has 1 atom stereocenters. The van der Waals surface area contributed by atoms with Crippen LogP contribution in [0.4, 0.5) is 0 Å². The molecule has 3 heteroatoms. The second-order valence-corrected chi connectivity index (χ2v) is 3.01. The molecule has 2 nitrogen and oxygen atoms in total. The minimum Gasteiger partial charge on any atom is -0.367 e. The van der Waals surface area contributed by atoms with E-state index in [4.69, 9.17) is 4.74 Å². The second kappa shape index (κ2) is 1.78. The number of hydrogen-bond acceptors (Lipinski definition) is 3. The lowest BCUT2D eigenvalue weighted by molar-refractivity contribution is 0.417. The predicted octanol–water partition coefficient (Wildman–Crippen LogP) is 1.52. The molecule has 0 aromatic carbocycles. The van der Waals surface area contributed by atoms with Crippen molar-refractivity contribution in [2.45, 2.75) is 13.0 Å². The molecule has 0 amide bonds. The first kappa shape index (κ1) is 5.38. The highest BCUT2D eigenvalue weighted by atomic mass is 32.1. The second-order valence-electron chi connectivity index (χ2n) is 2.12. The monoisotopic (exact) mass is 141 g/mol. The topological polar surface area (TPSA) is 25.4 Å². The Morgan fingerprint density at radius 1 is 1.89 bits per heavy atom. The average molecular weight is 141 g/mol. The predicted molar refractivity (Wildman–Crippen MR) is 35.5 cm³/mol. The highest BCUT2D eigenvalue weighted by molar-refractivity contribution is 7.09. The lowest BCUT2D eigenvalue weighted by atomic mass is 10.3. The third-order valence-electron chi connectivity index (χ3n) is 1.41. The third-order valence-corrected chi connectivity index (χ3v) is 2.43. The zero-order valence-corrected chi connectivity index (χ0v) is 5.94. The fourth-order valence-corrected chi connectivity index (χ4v) is 1.65. The number of ether oxygens (including phenoxy) is 1. The summed E-state index contributed by atoms with van der Waals surface area (Å²) in [5.74, 6) is 0. The van der Waals surface area contributed by atoms with E-state index in [0.29, 0.717) is 6.10 Å². The van der Waals surface area contributed by atoms with Crippen LogP contribution in [0.1, 0.15) is 16.7 Å². The zero-order valence-electron chi connectivity index (χ0n) is 5.13. The van der Waals surface area contributed by atoms with Gasteiger partial charge in [-0.3, -0.25) is 0 Å². The molecule has 1 aliphatic rings. The van der Waals surface area contributed by atoms with Crippen molar-refractivity contribution >= 4 is 11.3 Å². The lowest BCUT2D eigenvalue weighted by Crippen LogP contribution is -1.77. The largest absolute Gasteiger partial charge is 0.367 e. The van der Waals surface area contributed by atoms with E-state index in [1.165, 1.54) is 4.88 Å². The SMILES string of the molecule is Cc1ncsc1[C@H]1CO1. The number of thiazole rings is 1. The summed E-state index contributed by atoms with van der Waals surface area (Å²) in [7, 11) is 0. The Bertz CT molecular complexity index is 217. The van der Waals surface area contributed by atoms with Crippen molar-refractivity contribution in [1.82, 2.24) is 4.98 Å². The molecule has 2 heterocycles. The summed E-state index contributed by atoms with van der Waals surface area (Å²) >= 11 is 1.68. The molecule has 0 saturated carbocycles. The van der Waals surface area contributed by atoms with Crippen molar-refractivity contribution in [2.24, 2.45) is 0 Å². The summed E-state index contributed by atoms with van der Waals surface area (Å²) in [6.07, 6.45) is 0.387. The minimum absolute atomic E-state index is 0.387. The molecule has 0 aliphatic carbocycles. The lowest BCUT2D eigenvalue weighted by Gasteiger charge is -1.85. The first-order valence-electron chi connectivity index (χ1n) is 2.89. The minimum atomic E-state index is 0.387. The molecule has 1 fully saturated rings. The fourth-order valence-electron chi connectivity index (χ4n) is 0.819.